The molecule has 0 bridgehead atoms. The van der Waals surface area contributed by atoms with Crippen molar-refractivity contribution < 1.29 is 9.53 Å². The number of ether oxygens (including phenoxy) is 1. The van der Waals surface area contributed by atoms with Crippen LogP contribution in [0.3, 0.4) is 0 Å². The van der Waals surface area contributed by atoms with Gasteiger partial charge in [-0.15, -0.1) is 0 Å². The lowest BCUT2D eigenvalue weighted by Gasteiger charge is -2.43. The summed E-state index contributed by atoms with van der Waals surface area (Å²) in [6.07, 6.45) is 2.97. The van der Waals surface area contributed by atoms with E-state index in [9.17, 15) is 4.79 Å². The average Bonchev–Trinajstić information content (AvgIpc) is 2.58. The Kier molecular flexibility index (Phi) is 7.23. The van der Waals surface area contributed by atoms with Gasteiger partial charge in [-0.2, -0.15) is 0 Å². The van der Waals surface area contributed by atoms with Crippen LogP contribution >= 0.6 is 23.2 Å². The minimum atomic E-state index is -0.443. The van der Waals surface area contributed by atoms with Crippen LogP contribution in [0, 0.1) is 5.92 Å². The fourth-order valence-electron chi connectivity index (χ4n) is 4.24. The van der Waals surface area contributed by atoms with Crippen LogP contribution in [0.25, 0.3) is 0 Å². The summed E-state index contributed by atoms with van der Waals surface area (Å²) in [5.74, 6) is 0.686. The highest BCUT2D eigenvalue weighted by Gasteiger charge is 2.32. The third kappa shape index (κ3) is 6.16. The van der Waals surface area contributed by atoms with E-state index in [0.717, 1.165) is 44.7 Å². The number of nitrogens with one attached hydrogen (secondary N) is 1. The summed E-state index contributed by atoms with van der Waals surface area (Å²) in [4.78, 5) is 16.7. The van der Waals surface area contributed by atoms with Crippen molar-refractivity contribution in [2.75, 3.05) is 31.1 Å². The third-order valence-corrected chi connectivity index (χ3v) is 6.57. The molecule has 7 heteroatoms. The summed E-state index contributed by atoms with van der Waals surface area (Å²) in [5, 5.41) is 4.23. The van der Waals surface area contributed by atoms with E-state index in [1.54, 1.807) is 0 Å². The number of hydrogen-bond donors (Lipinski definition) is 1. The number of carbonyl (C=O) groups is 1. The first-order valence-corrected chi connectivity index (χ1v) is 11.3. The molecule has 1 aromatic rings. The number of amides is 1. The van der Waals surface area contributed by atoms with Crippen LogP contribution in [-0.2, 0) is 4.74 Å². The first-order valence-electron chi connectivity index (χ1n) is 10.5. The van der Waals surface area contributed by atoms with Gasteiger partial charge < -0.3 is 15.0 Å². The molecule has 1 heterocycles. The Labute approximate surface area is 184 Å². The first-order chi connectivity index (χ1) is 13.6. The lowest BCUT2D eigenvalue weighted by atomic mass is 9.78. The molecule has 1 saturated carbocycles. The normalized spacial score (nSPS) is 25.4. The Bertz CT molecular complexity index is 716. The van der Waals surface area contributed by atoms with Gasteiger partial charge in [-0.1, -0.05) is 29.3 Å². The minimum Gasteiger partial charge on any atom is -0.444 e. The lowest BCUT2D eigenvalue weighted by molar-refractivity contribution is 0.0444. The van der Waals surface area contributed by atoms with Crippen molar-refractivity contribution in [3.05, 3.63) is 28.2 Å². The van der Waals surface area contributed by atoms with Crippen molar-refractivity contribution in [1.29, 1.82) is 0 Å². The SMILES string of the molecule is C[C@@H]1CN(CCC2CC(NC(=O)OC(C)(C)C)C2)CCN1c1cccc(Cl)c1Cl. The second-order valence-electron chi connectivity index (χ2n) is 9.39. The molecule has 0 aromatic heterocycles. The molecule has 5 nitrogen and oxygen atoms in total. The summed E-state index contributed by atoms with van der Waals surface area (Å²) in [6, 6.07) is 6.49. The number of rotatable bonds is 5. The highest BCUT2D eigenvalue weighted by Crippen LogP contribution is 2.35. The molecule has 0 spiro atoms. The van der Waals surface area contributed by atoms with Crippen LogP contribution in [0.1, 0.15) is 47.0 Å². The molecule has 29 heavy (non-hydrogen) atoms. The van der Waals surface area contributed by atoms with Gasteiger partial charge in [0.25, 0.3) is 0 Å². The van der Waals surface area contributed by atoms with E-state index in [2.05, 4.69) is 22.0 Å². The van der Waals surface area contributed by atoms with Crippen molar-refractivity contribution in [3.8, 4) is 0 Å². The average molecular weight is 442 g/mol. The zero-order valence-electron chi connectivity index (χ0n) is 17.9. The molecule has 1 N–H and O–H groups in total. The van der Waals surface area contributed by atoms with E-state index >= 15 is 0 Å². The van der Waals surface area contributed by atoms with Gasteiger partial charge in [-0.05, 0) is 71.6 Å². The zero-order chi connectivity index (χ0) is 21.2. The number of piperazine rings is 1. The van der Waals surface area contributed by atoms with Crippen LogP contribution in [-0.4, -0.2) is 54.9 Å². The number of anilines is 1. The molecule has 2 fully saturated rings. The van der Waals surface area contributed by atoms with Gasteiger partial charge in [0.1, 0.15) is 5.60 Å². The van der Waals surface area contributed by atoms with Gasteiger partial charge in [0, 0.05) is 31.7 Å². The highest BCUT2D eigenvalue weighted by atomic mass is 35.5. The summed E-state index contributed by atoms with van der Waals surface area (Å²) in [5.41, 5.74) is 0.586. The maximum absolute atomic E-state index is 11.8. The Morgan fingerprint density at radius 1 is 1.24 bits per heavy atom. The van der Waals surface area contributed by atoms with Crippen molar-refractivity contribution in [2.45, 2.75) is 64.6 Å². The number of benzene rings is 1. The summed E-state index contributed by atoms with van der Waals surface area (Å²) in [7, 11) is 0. The highest BCUT2D eigenvalue weighted by molar-refractivity contribution is 6.43. The van der Waals surface area contributed by atoms with Crippen LogP contribution in [0.2, 0.25) is 10.0 Å². The number of nitrogens with zero attached hydrogens (tertiary/aromatic N) is 2. The second-order valence-corrected chi connectivity index (χ2v) is 10.2. The molecule has 162 valence electrons. The van der Waals surface area contributed by atoms with E-state index in [0.29, 0.717) is 22.0 Å². The van der Waals surface area contributed by atoms with Gasteiger partial charge in [-0.3, -0.25) is 4.90 Å². The third-order valence-electron chi connectivity index (χ3n) is 5.76. The van der Waals surface area contributed by atoms with Crippen molar-refractivity contribution in [3.63, 3.8) is 0 Å². The molecule has 1 aliphatic heterocycles. The maximum atomic E-state index is 11.8. The Balaban J connectivity index is 1.38. The fourth-order valence-corrected chi connectivity index (χ4v) is 4.64. The molecule has 2 aliphatic rings. The van der Waals surface area contributed by atoms with Gasteiger partial charge in [0.2, 0.25) is 0 Å². The monoisotopic (exact) mass is 441 g/mol. The molecule has 1 saturated heterocycles. The Morgan fingerprint density at radius 3 is 2.62 bits per heavy atom. The number of hydrogen-bond acceptors (Lipinski definition) is 4. The van der Waals surface area contributed by atoms with E-state index in [1.165, 1.54) is 6.42 Å². The fraction of sp³-hybridized carbons (Fsp3) is 0.682. The van der Waals surface area contributed by atoms with Crippen molar-refractivity contribution in [1.82, 2.24) is 10.2 Å². The van der Waals surface area contributed by atoms with Crippen LogP contribution in [0.4, 0.5) is 10.5 Å². The van der Waals surface area contributed by atoms with Crippen LogP contribution in [0.15, 0.2) is 18.2 Å². The molecule has 0 radical (unpaired) electrons. The van der Waals surface area contributed by atoms with Crippen molar-refractivity contribution >= 4 is 35.0 Å². The zero-order valence-corrected chi connectivity index (χ0v) is 19.4. The number of halogens is 2. The predicted molar refractivity (Wildman–Crippen MR) is 120 cm³/mol. The molecule has 1 aromatic carbocycles. The maximum Gasteiger partial charge on any atom is 0.407 e. The standard InChI is InChI=1S/C22H33Cl2N3O2/c1-15-14-26(10-11-27(15)19-7-5-6-18(23)20(19)24)9-8-16-12-17(13-16)25-21(28)29-22(2,3)4/h5-7,15-17H,8-14H2,1-4H3,(H,25,28)/t15-,16?,17?/m1/s1. The molecule has 1 aliphatic carbocycles. The van der Waals surface area contributed by atoms with Gasteiger partial charge in [0.05, 0.1) is 15.7 Å². The largest absolute Gasteiger partial charge is 0.444 e. The van der Waals surface area contributed by atoms with Gasteiger partial charge in [-0.25, -0.2) is 4.79 Å². The Morgan fingerprint density at radius 2 is 1.97 bits per heavy atom. The minimum absolute atomic E-state index is 0.260. The molecule has 0 unspecified atom stereocenters. The van der Waals surface area contributed by atoms with E-state index in [4.69, 9.17) is 27.9 Å². The quantitative estimate of drug-likeness (QED) is 0.681. The van der Waals surface area contributed by atoms with Crippen LogP contribution in [0.5, 0.6) is 0 Å². The molecule has 1 amide bonds. The van der Waals surface area contributed by atoms with E-state index in [1.807, 2.05) is 39.0 Å². The topological polar surface area (TPSA) is 44.8 Å². The second kappa shape index (κ2) is 9.32. The molecular formula is C22H33Cl2N3O2. The summed E-state index contributed by atoms with van der Waals surface area (Å²) >= 11 is 12.6. The van der Waals surface area contributed by atoms with Gasteiger partial charge in [0.15, 0.2) is 0 Å². The molecule has 3 rings (SSSR count). The summed E-state index contributed by atoms with van der Waals surface area (Å²) in [6.45, 7) is 12.0. The smallest absolute Gasteiger partial charge is 0.407 e. The predicted octanol–water partition coefficient (Wildman–Crippen LogP) is 5.20. The van der Waals surface area contributed by atoms with E-state index < -0.39 is 5.60 Å². The van der Waals surface area contributed by atoms with E-state index in [-0.39, 0.29) is 12.1 Å². The number of alkyl carbamates (subject to hydrolysis) is 1. The lowest BCUT2D eigenvalue weighted by Crippen LogP contribution is -2.53. The molecule has 1 atom stereocenters. The number of carbonyl (C=O) groups excluding carboxylic acids is 1. The summed E-state index contributed by atoms with van der Waals surface area (Å²) < 4.78 is 5.33. The Hall–Kier alpha value is -1.17. The van der Waals surface area contributed by atoms with Gasteiger partial charge >= 0.3 is 6.09 Å². The van der Waals surface area contributed by atoms with Crippen molar-refractivity contribution in [2.24, 2.45) is 5.92 Å². The first kappa shape index (κ1) is 22.5. The molecular weight excluding hydrogens is 409 g/mol. The van der Waals surface area contributed by atoms with Crippen LogP contribution < -0.4 is 10.2 Å².